The molecular weight excluding hydrogens is 328 g/mol. The molecule has 2 N–H and O–H groups in total. The van der Waals surface area contributed by atoms with Crippen LogP contribution in [0.4, 0.5) is 0 Å². The quantitative estimate of drug-likeness (QED) is 0.819. The molecule has 3 rings (SSSR count). The summed E-state index contributed by atoms with van der Waals surface area (Å²) < 4.78 is 11.8. The van der Waals surface area contributed by atoms with E-state index in [1.807, 2.05) is 13.0 Å². The van der Waals surface area contributed by atoms with Crippen LogP contribution in [0.1, 0.15) is 50.2 Å². The number of aryl methyl sites for hydroxylation is 1. The maximum Gasteiger partial charge on any atom is 0.258 e. The van der Waals surface area contributed by atoms with Gasteiger partial charge in [0.25, 0.3) is 5.91 Å². The fourth-order valence-corrected chi connectivity index (χ4v) is 4.04. The van der Waals surface area contributed by atoms with Crippen LogP contribution < -0.4 is 15.4 Å². The molecule has 1 amide bonds. The molecule has 1 aromatic carbocycles. The van der Waals surface area contributed by atoms with E-state index >= 15 is 0 Å². The van der Waals surface area contributed by atoms with E-state index in [4.69, 9.17) is 9.47 Å². The maximum absolute atomic E-state index is 12.5. The molecule has 2 atom stereocenters. The molecule has 0 radical (unpaired) electrons. The second-order valence-electron chi connectivity index (χ2n) is 7.87. The van der Waals surface area contributed by atoms with Gasteiger partial charge in [0.1, 0.15) is 5.75 Å². The summed E-state index contributed by atoms with van der Waals surface area (Å²) in [7, 11) is 0. The normalized spacial score (nSPS) is 24.0. The largest absolute Gasteiger partial charge is 0.483 e. The minimum atomic E-state index is -0.0596. The van der Waals surface area contributed by atoms with Gasteiger partial charge in [-0.2, -0.15) is 0 Å². The summed E-state index contributed by atoms with van der Waals surface area (Å²) in [4.78, 5) is 12.5. The Bertz CT molecular complexity index is 611. The van der Waals surface area contributed by atoms with E-state index in [2.05, 4.69) is 36.6 Å². The molecule has 5 heteroatoms. The Morgan fingerprint density at radius 1 is 1.31 bits per heavy atom. The van der Waals surface area contributed by atoms with Crippen molar-refractivity contribution >= 4 is 5.91 Å². The molecule has 2 fully saturated rings. The number of amides is 1. The third-order valence-corrected chi connectivity index (χ3v) is 5.48. The smallest absolute Gasteiger partial charge is 0.258 e. The van der Waals surface area contributed by atoms with E-state index in [0.29, 0.717) is 11.8 Å². The Balaban J connectivity index is 1.55. The van der Waals surface area contributed by atoms with E-state index in [9.17, 15) is 4.79 Å². The number of hydrogen-bond acceptors (Lipinski definition) is 4. The van der Waals surface area contributed by atoms with Gasteiger partial charge in [-0.25, -0.2) is 0 Å². The minimum absolute atomic E-state index is 0.0542. The Morgan fingerprint density at radius 3 is 2.81 bits per heavy atom. The maximum atomic E-state index is 12.5. The van der Waals surface area contributed by atoms with Crippen molar-refractivity contribution in [3.8, 4) is 5.75 Å². The molecule has 0 saturated carbocycles. The lowest BCUT2D eigenvalue weighted by Crippen LogP contribution is -2.47. The minimum Gasteiger partial charge on any atom is -0.483 e. The highest BCUT2D eigenvalue weighted by molar-refractivity contribution is 5.78. The van der Waals surface area contributed by atoms with E-state index in [-0.39, 0.29) is 24.7 Å². The Kier molecular flexibility index (Phi) is 6.54. The fraction of sp³-hybridized carbons (Fsp3) is 0.667. The Morgan fingerprint density at radius 2 is 2.08 bits per heavy atom. The molecule has 0 aromatic heterocycles. The van der Waals surface area contributed by atoms with Gasteiger partial charge in [0.2, 0.25) is 0 Å². The van der Waals surface area contributed by atoms with Crippen LogP contribution in [0.15, 0.2) is 18.2 Å². The first-order valence-corrected chi connectivity index (χ1v) is 9.89. The fourth-order valence-electron chi connectivity index (χ4n) is 4.04. The van der Waals surface area contributed by atoms with Crippen LogP contribution in [-0.2, 0) is 9.53 Å². The van der Waals surface area contributed by atoms with E-state index < -0.39 is 0 Å². The first-order valence-electron chi connectivity index (χ1n) is 9.89. The SMILES string of the molecule is Cc1ccc(C(C)C)c(OCC(=O)N[C@@H]2CCO[C@H]2C2CCNCC2)c1. The van der Waals surface area contributed by atoms with Gasteiger partial charge >= 0.3 is 0 Å². The van der Waals surface area contributed by atoms with E-state index in [1.54, 1.807) is 0 Å². The molecule has 5 nitrogen and oxygen atoms in total. The summed E-state index contributed by atoms with van der Waals surface area (Å²) in [6.45, 7) is 9.18. The Labute approximate surface area is 156 Å². The molecule has 0 aliphatic carbocycles. The highest BCUT2D eigenvalue weighted by atomic mass is 16.5. The van der Waals surface area contributed by atoms with Crippen molar-refractivity contribution < 1.29 is 14.3 Å². The summed E-state index contributed by atoms with van der Waals surface area (Å²) >= 11 is 0. The second-order valence-corrected chi connectivity index (χ2v) is 7.87. The zero-order valence-electron chi connectivity index (χ0n) is 16.2. The molecule has 26 heavy (non-hydrogen) atoms. The predicted molar refractivity (Wildman–Crippen MR) is 103 cm³/mol. The third-order valence-electron chi connectivity index (χ3n) is 5.48. The van der Waals surface area contributed by atoms with Crippen LogP contribution in [0.5, 0.6) is 5.75 Å². The lowest BCUT2D eigenvalue weighted by molar-refractivity contribution is -0.124. The highest BCUT2D eigenvalue weighted by Crippen LogP contribution is 2.28. The van der Waals surface area contributed by atoms with Gasteiger partial charge < -0.3 is 20.1 Å². The van der Waals surface area contributed by atoms with Gasteiger partial charge in [-0.1, -0.05) is 26.0 Å². The summed E-state index contributed by atoms with van der Waals surface area (Å²) in [5.41, 5.74) is 2.28. The van der Waals surface area contributed by atoms with Gasteiger partial charge in [-0.05, 0) is 68.3 Å². The van der Waals surface area contributed by atoms with Crippen LogP contribution in [-0.4, -0.2) is 44.4 Å². The number of piperidine rings is 1. The van der Waals surface area contributed by atoms with Crippen molar-refractivity contribution in [2.45, 2.75) is 58.1 Å². The average molecular weight is 360 g/mol. The third kappa shape index (κ3) is 4.77. The van der Waals surface area contributed by atoms with Gasteiger partial charge in [-0.3, -0.25) is 4.79 Å². The van der Waals surface area contributed by atoms with Gasteiger partial charge in [0.05, 0.1) is 12.1 Å². The average Bonchev–Trinajstić information content (AvgIpc) is 3.08. The van der Waals surface area contributed by atoms with Crippen molar-refractivity contribution in [1.82, 2.24) is 10.6 Å². The molecule has 0 unspecified atom stereocenters. The molecule has 144 valence electrons. The number of carbonyl (C=O) groups excluding carboxylic acids is 1. The monoisotopic (exact) mass is 360 g/mol. The standard InChI is InChI=1S/C21H32N2O3/c1-14(2)17-5-4-15(3)12-19(17)26-13-20(24)23-18-8-11-25-21(18)16-6-9-22-10-7-16/h4-5,12,14,16,18,21-22H,6-11,13H2,1-3H3,(H,23,24)/t18-,21+/m1/s1. The van der Waals surface area contributed by atoms with Crippen molar-refractivity contribution in [3.05, 3.63) is 29.3 Å². The molecule has 2 aliphatic rings. The molecular formula is C21H32N2O3. The van der Waals surface area contributed by atoms with Gasteiger partial charge in [-0.15, -0.1) is 0 Å². The Hall–Kier alpha value is -1.59. The number of benzene rings is 1. The van der Waals surface area contributed by atoms with Crippen LogP contribution in [0.3, 0.4) is 0 Å². The van der Waals surface area contributed by atoms with Crippen LogP contribution in [0.2, 0.25) is 0 Å². The van der Waals surface area contributed by atoms with Crippen molar-refractivity contribution in [2.75, 3.05) is 26.3 Å². The highest BCUT2D eigenvalue weighted by Gasteiger charge is 2.36. The molecule has 2 saturated heterocycles. The zero-order chi connectivity index (χ0) is 18.5. The topological polar surface area (TPSA) is 59.6 Å². The van der Waals surface area contributed by atoms with Gasteiger partial charge in [0.15, 0.2) is 6.61 Å². The lowest BCUT2D eigenvalue weighted by Gasteiger charge is -2.31. The lowest BCUT2D eigenvalue weighted by atomic mass is 9.88. The van der Waals surface area contributed by atoms with E-state index in [1.165, 1.54) is 0 Å². The predicted octanol–water partition coefficient (Wildman–Crippen LogP) is 2.77. The first kappa shape index (κ1) is 19.2. The number of ether oxygens (including phenoxy) is 2. The molecule has 0 bridgehead atoms. The zero-order valence-corrected chi connectivity index (χ0v) is 16.2. The first-order chi connectivity index (χ1) is 12.5. The molecule has 2 aliphatic heterocycles. The van der Waals surface area contributed by atoms with E-state index in [0.717, 1.165) is 55.8 Å². The number of hydrogen-bond donors (Lipinski definition) is 2. The van der Waals surface area contributed by atoms with Gasteiger partial charge in [0, 0.05) is 6.61 Å². The van der Waals surface area contributed by atoms with Crippen molar-refractivity contribution in [1.29, 1.82) is 0 Å². The van der Waals surface area contributed by atoms with Crippen LogP contribution >= 0.6 is 0 Å². The summed E-state index contributed by atoms with van der Waals surface area (Å²) in [5.74, 6) is 1.65. The van der Waals surface area contributed by atoms with Crippen LogP contribution in [0.25, 0.3) is 0 Å². The number of carbonyl (C=O) groups is 1. The number of rotatable bonds is 6. The molecule has 1 aromatic rings. The summed E-state index contributed by atoms with van der Waals surface area (Å²) in [6, 6.07) is 6.29. The van der Waals surface area contributed by atoms with Crippen molar-refractivity contribution in [3.63, 3.8) is 0 Å². The number of nitrogens with one attached hydrogen (secondary N) is 2. The van der Waals surface area contributed by atoms with Crippen LogP contribution in [0, 0.1) is 12.8 Å². The second kappa shape index (κ2) is 8.87. The molecule has 2 heterocycles. The molecule has 0 spiro atoms. The van der Waals surface area contributed by atoms with Crippen molar-refractivity contribution in [2.24, 2.45) is 5.92 Å². The summed E-state index contributed by atoms with van der Waals surface area (Å²) in [5, 5.41) is 6.54. The summed E-state index contributed by atoms with van der Waals surface area (Å²) in [6.07, 6.45) is 3.27.